The molecule has 0 saturated heterocycles. The van der Waals surface area contributed by atoms with Gasteiger partial charge in [-0.2, -0.15) is 0 Å². The summed E-state index contributed by atoms with van der Waals surface area (Å²) >= 11 is 1.32. The zero-order chi connectivity index (χ0) is 24.4. The third-order valence-corrected chi connectivity index (χ3v) is 7.42. The summed E-state index contributed by atoms with van der Waals surface area (Å²) in [4.78, 5) is 27.0. The van der Waals surface area contributed by atoms with E-state index in [2.05, 4.69) is 10.6 Å². The highest BCUT2D eigenvalue weighted by atomic mass is 32.2. The molecule has 0 radical (unpaired) electrons. The molecule has 2 aliphatic rings. The molecule has 0 fully saturated rings. The van der Waals surface area contributed by atoms with E-state index in [-0.39, 0.29) is 6.03 Å². The number of ether oxygens (including phenoxy) is 1. The summed E-state index contributed by atoms with van der Waals surface area (Å²) in [6, 6.07) is 23.7. The van der Waals surface area contributed by atoms with Crippen LogP contribution < -0.4 is 26.8 Å². The molecular weight excluding hydrogens is 462 g/mol. The number of primary amides is 1. The Labute approximate surface area is 207 Å². The second-order valence-corrected chi connectivity index (χ2v) is 9.61. The molecule has 0 aromatic heterocycles. The molecule has 1 atom stereocenters. The monoisotopic (exact) mass is 487 g/mol. The van der Waals surface area contributed by atoms with E-state index in [9.17, 15) is 9.59 Å². The van der Waals surface area contributed by atoms with Gasteiger partial charge in [-0.25, -0.2) is 4.79 Å². The van der Waals surface area contributed by atoms with Crippen LogP contribution in [0, 0.1) is 0 Å². The van der Waals surface area contributed by atoms with E-state index in [4.69, 9.17) is 16.2 Å². The molecule has 0 spiro atoms. The van der Waals surface area contributed by atoms with Crippen molar-refractivity contribution in [2.75, 3.05) is 24.1 Å². The minimum Gasteiger partial charge on any atom is -0.457 e. The van der Waals surface area contributed by atoms with Gasteiger partial charge in [0, 0.05) is 40.5 Å². The number of amides is 3. The van der Waals surface area contributed by atoms with Gasteiger partial charge in [-0.3, -0.25) is 4.79 Å². The Kier molecular flexibility index (Phi) is 6.00. The van der Waals surface area contributed by atoms with E-state index in [0.717, 1.165) is 16.4 Å². The van der Waals surface area contributed by atoms with Gasteiger partial charge < -0.3 is 31.7 Å². The van der Waals surface area contributed by atoms with Gasteiger partial charge in [-0.15, -0.1) is 0 Å². The number of benzene rings is 3. The molecule has 3 aromatic rings. The molecule has 9 heteroatoms. The molecule has 0 aliphatic carbocycles. The van der Waals surface area contributed by atoms with Crippen molar-refractivity contribution in [2.24, 2.45) is 5.73 Å². The van der Waals surface area contributed by atoms with Gasteiger partial charge in [-0.05, 0) is 42.5 Å². The summed E-state index contributed by atoms with van der Waals surface area (Å²) < 4.78 is 5.80. The molecule has 0 saturated carbocycles. The van der Waals surface area contributed by atoms with Gasteiger partial charge in [0.2, 0.25) is 0 Å². The number of anilines is 2. The number of hydrogen-bond acceptors (Lipinski definition) is 6. The fourth-order valence-corrected chi connectivity index (χ4v) is 5.61. The smallest absolute Gasteiger partial charge is 0.322 e. The average Bonchev–Trinajstić information content (AvgIpc) is 3.26. The molecule has 8 nitrogen and oxygen atoms in total. The highest BCUT2D eigenvalue weighted by molar-refractivity contribution is 8.05. The molecule has 3 aromatic carbocycles. The van der Waals surface area contributed by atoms with Crippen molar-refractivity contribution in [3.05, 3.63) is 95.0 Å². The number of nitrogens with one attached hydrogen (secondary N) is 2. The van der Waals surface area contributed by atoms with Crippen molar-refractivity contribution in [1.29, 1.82) is 0 Å². The lowest BCUT2D eigenvalue weighted by Crippen LogP contribution is -2.47. The number of rotatable bonds is 5. The number of nitrogen functional groups attached to an aromatic ring is 1. The molecule has 5 rings (SSSR count). The lowest BCUT2D eigenvalue weighted by molar-refractivity contribution is -0.121. The van der Waals surface area contributed by atoms with Gasteiger partial charge in [0.15, 0.2) is 4.87 Å². The molecule has 6 N–H and O–H groups in total. The van der Waals surface area contributed by atoms with Gasteiger partial charge in [-0.1, -0.05) is 48.2 Å². The van der Waals surface area contributed by atoms with E-state index >= 15 is 0 Å². The molecule has 3 amide bonds. The predicted octanol–water partition coefficient (Wildman–Crippen LogP) is 4.19. The predicted molar refractivity (Wildman–Crippen MR) is 138 cm³/mol. The summed E-state index contributed by atoms with van der Waals surface area (Å²) in [7, 11) is 0. The quantitative estimate of drug-likeness (QED) is 0.400. The molecular formula is C26H25N5O3S. The summed E-state index contributed by atoms with van der Waals surface area (Å²) in [5, 5.41) is 6.25. The standard InChI is InChI=1S/C26H25N5O3S/c27-21-9-5-4-8-20(21)26(24(28)32)30-22-14-15-31(16-23(22)35-26)25(33)29-17-10-12-19(13-11-17)34-18-6-2-1-3-7-18/h1-13,30H,14-16,27H2,(H2,28,32)(H,29,33). The molecule has 2 heterocycles. The van der Waals surface area contributed by atoms with Crippen molar-refractivity contribution in [2.45, 2.75) is 11.3 Å². The van der Waals surface area contributed by atoms with E-state index in [1.54, 1.807) is 29.2 Å². The zero-order valence-electron chi connectivity index (χ0n) is 18.9. The molecule has 2 aliphatic heterocycles. The number of para-hydroxylation sites is 2. The van der Waals surface area contributed by atoms with Crippen LogP contribution in [0.25, 0.3) is 0 Å². The maximum Gasteiger partial charge on any atom is 0.322 e. The molecule has 35 heavy (non-hydrogen) atoms. The highest BCUT2D eigenvalue weighted by Crippen LogP contribution is 2.49. The molecule has 0 bridgehead atoms. The second-order valence-electron chi connectivity index (χ2n) is 8.30. The van der Waals surface area contributed by atoms with Crippen LogP contribution in [0.5, 0.6) is 11.5 Å². The maximum absolute atomic E-state index is 13.0. The Morgan fingerprint density at radius 2 is 1.66 bits per heavy atom. The van der Waals surface area contributed by atoms with Gasteiger partial charge in [0.05, 0.1) is 6.54 Å². The van der Waals surface area contributed by atoms with Crippen molar-refractivity contribution in [1.82, 2.24) is 10.2 Å². The van der Waals surface area contributed by atoms with Crippen molar-refractivity contribution in [3.63, 3.8) is 0 Å². The van der Waals surface area contributed by atoms with E-state index in [0.29, 0.717) is 42.2 Å². The van der Waals surface area contributed by atoms with Gasteiger partial charge in [0.25, 0.3) is 5.91 Å². The lowest BCUT2D eigenvalue weighted by atomic mass is 10.0. The highest BCUT2D eigenvalue weighted by Gasteiger charge is 2.48. The summed E-state index contributed by atoms with van der Waals surface area (Å²) in [6.07, 6.45) is 0.585. The number of thioether (sulfide) groups is 1. The van der Waals surface area contributed by atoms with Crippen LogP contribution in [0.4, 0.5) is 16.2 Å². The number of carbonyl (C=O) groups excluding carboxylic acids is 2. The van der Waals surface area contributed by atoms with Crippen LogP contribution in [-0.4, -0.2) is 29.9 Å². The Morgan fingerprint density at radius 3 is 2.37 bits per heavy atom. The van der Waals surface area contributed by atoms with Crippen LogP contribution in [0.3, 0.4) is 0 Å². The topological polar surface area (TPSA) is 123 Å². The van der Waals surface area contributed by atoms with Crippen LogP contribution >= 0.6 is 11.8 Å². The first kappa shape index (κ1) is 22.7. The third-order valence-electron chi connectivity index (χ3n) is 5.96. The Morgan fingerprint density at radius 1 is 0.971 bits per heavy atom. The zero-order valence-corrected chi connectivity index (χ0v) is 19.7. The lowest BCUT2D eigenvalue weighted by Gasteiger charge is -2.28. The average molecular weight is 488 g/mol. The number of nitrogens with zero attached hydrogens (tertiary/aromatic N) is 1. The number of nitrogens with two attached hydrogens (primary N) is 2. The Bertz CT molecular complexity index is 1300. The first-order chi connectivity index (χ1) is 16.9. The second kappa shape index (κ2) is 9.27. The largest absolute Gasteiger partial charge is 0.457 e. The fourth-order valence-electron chi connectivity index (χ4n) is 4.17. The van der Waals surface area contributed by atoms with Gasteiger partial charge in [0.1, 0.15) is 11.5 Å². The maximum atomic E-state index is 13.0. The van der Waals surface area contributed by atoms with E-state index in [1.807, 2.05) is 54.6 Å². The number of urea groups is 1. The van der Waals surface area contributed by atoms with Crippen molar-refractivity contribution < 1.29 is 14.3 Å². The summed E-state index contributed by atoms with van der Waals surface area (Å²) in [5.41, 5.74) is 14.7. The summed E-state index contributed by atoms with van der Waals surface area (Å²) in [5.74, 6) is 0.899. The SMILES string of the molecule is NC(=O)C1(c2ccccc2N)NC2=C(CN(C(=O)Nc3ccc(Oc4ccccc4)cc3)CC2)S1. The summed E-state index contributed by atoms with van der Waals surface area (Å²) in [6.45, 7) is 0.877. The number of hydrogen-bond donors (Lipinski definition) is 4. The molecule has 1 unspecified atom stereocenters. The first-order valence-electron chi connectivity index (χ1n) is 11.2. The van der Waals surface area contributed by atoms with E-state index in [1.165, 1.54) is 11.8 Å². The first-order valence-corrected chi connectivity index (χ1v) is 12.0. The van der Waals surface area contributed by atoms with Crippen LogP contribution in [0.1, 0.15) is 12.0 Å². The van der Waals surface area contributed by atoms with Crippen LogP contribution in [0.2, 0.25) is 0 Å². The van der Waals surface area contributed by atoms with E-state index < -0.39 is 10.8 Å². The van der Waals surface area contributed by atoms with Crippen LogP contribution in [-0.2, 0) is 9.67 Å². The third kappa shape index (κ3) is 4.50. The normalized spacial score (nSPS) is 19.0. The minimum atomic E-state index is -1.18. The fraction of sp³-hybridized carbons (Fsp3) is 0.154. The Hall–Kier alpha value is -4.11. The number of carbonyl (C=O) groups is 2. The van der Waals surface area contributed by atoms with Crippen LogP contribution in [0.15, 0.2) is 89.5 Å². The molecule has 178 valence electrons. The van der Waals surface area contributed by atoms with Crippen molar-refractivity contribution in [3.8, 4) is 11.5 Å². The van der Waals surface area contributed by atoms with Crippen molar-refractivity contribution >= 4 is 35.1 Å². The van der Waals surface area contributed by atoms with Gasteiger partial charge >= 0.3 is 6.03 Å². The Balaban J connectivity index is 1.24. The minimum absolute atomic E-state index is 0.218.